The fourth-order valence-electron chi connectivity index (χ4n) is 7.88. The number of aliphatic hydroxyl groups excluding tert-OH is 1. The molecule has 1 amide bonds. The Morgan fingerprint density at radius 3 is 2.35 bits per heavy atom. The first kappa shape index (κ1) is 26.1. The highest BCUT2D eigenvalue weighted by Crippen LogP contribution is 2.65. The lowest BCUT2D eigenvalue weighted by Crippen LogP contribution is -2.62. The summed E-state index contributed by atoms with van der Waals surface area (Å²) in [5.41, 5.74) is 1.37. The molecule has 3 atom stereocenters. The average Bonchev–Trinajstić information content (AvgIpc) is 3.23. The predicted molar refractivity (Wildman–Crippen MR) is 142 cm³/mol. The van der Waals surface area contributed by atoms with Crippen LogP contribution in [0.3, 0.4) is 0 Å². The molecule has 0 aromatic heterocycles. The molecule has 0 fully saturated rings. The zero-order valence-electron chi connectivity index (χ0n) is 22.5. The van der Waals surface area contributed by atoms with Gasteiger partial charge in [0.15, 0.2) is 5.78 Å². The highest BCUT2D eigenvalue weighted by molar-refractivity contribution is 6.38. The fourth-order valence-corrected chi connectivity index (χ4v) is 7.88. The Labute approximate surface area is 228 Å². The summed E-state index contributed by atoms with van der Waals surface area (Å²) in [7, 11) is 1.46. The number of hydrogen-bond donors (Lipinski definition) is 5. The van der Waals surface area contributed by atoms with Crippen molar-refractivity contribution in [2.24, 2.45) is 17.1 Å². The molecule has 6 N–H and O–H groups in total. The minimum atomic E-state index is -3.07. The van der Waals surface area contributed by atoms with Crippen molar-refractivity contribution in [3.05, 3.63) is 51.3 Å². The SMILES string of the molecule is COc1cc(O)c2c(O)c3c(c4c2c1[C@]1(C4)C(C)=CCCC1(C)C)C(=O)[C@H]1CC(O)=C(C(N)=O)C(=O)[C@@]1(O)C3=O. The lowest BCUT2D eigenvalue weighted by molar-refractivity contribution is -0.136. The second kappa shape index (κ2) is 7.72. The van der Waals surface area contributed by atoms with E-state index in [0.717, 1.165) is 18.4 Å². The first-order valence-electron chi connectivity index (χ1n) is 13.0. The third-order valence-electron chi connectivity index (χ3n) is 9.88. The van der Waals surface area contributed by atoms with Crippen molar-refractivity contribution in [3.63, 3.8) is 0 Å². The summed E-state index contributed by atoms with van der Waals surface area (Å²) < 4.78 is 5.74. The highest BCUT2D eigenvalue weighted by atomic mass is 16.5. The number of phenols is 2. The molecule has 2 aromatic carbocycles. The van der Waals surface area contributed by atoms with Gasteiger partial charge in [-0.15, -0.1) is 0 Å². The van der Waals surface area contributed by atoms with Crippen molar-refractivity contribution in [1.29, 1.82) is 0 Å². The third-order valence-corrected chi connectivity index (χ3v) is 9.88. The van der Waals surface area contributed by atoms with Crippen LogP contribution in [0.2, 0.25) is 0 Å². The number of amides is 1. The molecule has 0 heterocycles. The summed E-state index contributed by atoms with van der Waals surface area (Å²) in [6.45, 7) is 6.18. The quantitative estimate of drug-likeness (QED) is 0.214. The fraction of sp³-hybridized carbons (Fsp3) is 0.400. The Morgan fingerprint density at radius 1 is 1.07 bits per heavy atom. The van der Waals surface area contributed by atoms with Crippen LogP contribution in [0.1, 0.15) is 71.9 Å². The molecule has 4 aliphatic rings. The molecule has 0 bridgehead atoms. The number of hydrogen-bond acceptors (Lipinski definition) is 9. The number of aliphatic hydroxyl groups is 2. The van der Waals surface area contributed by atoms with Crippen LogP contribution < -0.4 is 10.5 Å². The number of ether oxygens (including phenoxy) is 1. The lowest BCUT2D eigenvalue weighted by atomic mass is 9.54. The van der Waals surface area contributed by atoms with Gasteiger partial charge in [0.1, 0.15) is 28.6 Å². The molecule has 2 aromatic rings. The van der Waals surface area contributed by atoms with Crippen LogP contribution in [0.15, 0.2) is 29.0 Å². The van der Waals surface area contributed by atoms with E-state index in [1.807, 2.05) is 6.92 Å². The van der Waals surface area contributed by atoms with Gasteiger partial charge >= 0.3 is 0 Å². The number of carbonyl (C=O) groups excluding carboxylic acids is 4. The molecule has 6 rings (SSSR count). The van der Waals surface area contributed by atoms with Crippen molar-refractivity contribution < 1.29 is 44.3 Å². The number of allylic oxidation sites excluding steroid dienone is 3. The van der Waals surface area contributed by atoms with Gasteiger partial charge in [0.2, 0.25) is 17.2 Å². The van der Waals surface area contributed by atoms with Gasteiger partial charge in [0.05, 0.1) is 24.0 Å². The molecule has 0 aliphatic heterocycles. The second-order valence-corrected chi connectivity index (χ2v) is 11.9. The molecule has 0 unspecified atom stereocenters. The number of methoxy groups -OCH3 is 1. The van der Waals surface area contributed by atoms with Crippen molar-refractivity contribution >= 4 is 34.0 Å². The Bertz CT molecular complexity index is 1710. The zero-order chi connectivity index (χ0) is 29.3. The molecule has 0 saturated carbocycles. The highest BCUT2D eigenvalue weighted by Gasteiger charge is 2.64. The standard InChI is InChI=1S/C30H29NO9/c1-11-6-5-7-28(2,3)29(11)10-12-17-19(15(33)9-16(40-4)22(17)29)24(35)21-18(12)23(34)13-8-14(32)20(27(31)38)25(36)30(13,39)26(21)37/h6,9,13,32-33,35,39H,5,7-8,10H2,1-4H3,(H2,31,38)/t13-,29+,30-/m1/s1. The Kier molecular flexibility index (Phi) is 5.03. The Balaban J connectivity index is 1.75. The van der Waals surface area contributed by atoms with E-state index >= 15 is 0 Å². The number of phenolic OH excluding ortho intramolecular Hbond substituents is 2. The monoisotopic (exact) mass is 547 g/mol. The largest absolute Gasteiger partial charge is 0.511 e. The van der Waals surface area contributed by atoms with Crippen LogP contribution in [-0.4, -0.2) is 56.4 Å². The molecular formula is C30H29NO9. The maximum absolute atomic E-state index is 14.2. The van der Waals surface area contributed by atoms with E-state index in [4.69, 9.17) is 10.5 Å². The maximum Gasteiger partial charge on any atom is 0.255 e. The smallest absolute Gasteiger partial charge is 0.255 e. The van der Waals surface area contributed by atoms with E-state index in [9.17, 15) is 39.6 Å². The molecule has 40 heavy (non-hydrogen) atoms. The van der Waals surface area contributed by atoms with E-state index in [1.165, 1.54) is 13.2 Å². The van der Waals surface area contributed by atoms with Crippen LogP contribution in [0.4, 0.5) is 0 Å². The van der Waals surface area contributed by atoms with Gasteiger partial charge in [-0.3, -0.25) is 19.2 Å². The number of aromatic hydroxyl groups is 2. The van der Waals surface area contributed by atoms with Gasteiger partial charge in [-0.25, -0.2) is 0 Å². The van der Waals surface area contributed by atoms with Crippen LogP contribution >= 0.6 is 0 Å². The van der Waals surface area contributed by atoms with Crippen molar-refractivity contribution in [1.82, 2.24) is 0 Å². The Morgan fingerprint density at radius 2 is 1.75 bits per heavy atom. The summed E-state index contributed by atoms with van der Waals surface area (Å²) in [6.07, 6.45) is 3.28. The second-order valence-electron chi connectivity index (χ2n) is 11.9. The average molecular weight is 548 g/mol. The van der Waals surface area contributed by atoms with Crippen LogP contribution in [0, 0.1) is 11.3 Å². The number of rotatable bonds is 2. The first-order chi connectivity index (χ1) is 18.7. The molecule has 0 saturated heterocycles. The van der Waals surface area contributed by atoms with Gasteiger partial charge < -0.3 is 30.9 Å². The summed E-state index contributed by atoms with van der Waals surface area (Å²) in [5.74, 6) is -8.36. The van der Waals surface area contributed by atoms with Gasteiger partial charge in [-0.1, -0.05) is 25.5 Å². The van der Waals surface area contributed by atoms with Crippen LogP contribution in [-0.2, 0) is 21.4 Å². The summed E-state index contributed by atoms with van der Waals surface area (Å²) in [6, 6.07) is 1.35. The summed E-state index contributed by atoms with van der Waals surface area (Å²) >= 11 is 0. The van der Waals surface area contributed by atoms with Crippen molar-refractivity contribution in [3.8, 4) is 17.2 Å². The van der Waals surface area contributed by atoms with Crippen molar-refractivity contribution in [2.45, 2.75) is 57.5 Å². The van der Waals surface area contributed by atoms with Crippen LogP contribution in [0.25, 0.3) is 10.8 Å². The summed E-state index contributed by atoms with van der Waals surface area (Å²) in [5, 5.41) is 44.9. The molecule has 0 radical (unpaired) electrons. The van der Waals surface area contributed by atoms with Gasteiger partial charge in [0.25, 0.3) is 5.91 Å². The van der Waals surface area contributed by atoms with E-state index in [2.05, 4.69) is 19.9 Å². The number of carbonyl (C=O) groups is 4. The maximum atomic E-state index is 14.2. The topological polar surface area (TPSA) is 184 Å². The summed E-state index contributed by atoms with van der Waals surface area (Å²) in [4.78, 5) is 53.4. The van der Waals surface area contributed by atoms with Crippen LogP contribution in [0.5, 0.6) is 17.2 Å². The minimum absolute atomic E-state index is 0.101. The van der Waals surface area contributed by atoms with E-state index in [-0.39, 0.29) is 22.8 Å². The van der Waals surface area contributed by atoms with E-state index < -0.39 is 75.0 Å². The molecule has 10 heteroatoms. The first-order valence-corrected chi connectivity index (χ1v) is 13.0. The number of fused-ring (bicyclic) bond motifs is 4. The minimum Gasteiger partial charge on any atom is -0.511 e. The number of primary amides is 1. The normalized spacial score (nSPS) is 28.6. The molecule has 4 aliphatic carbocycles. The molecular weight excluding hydrogens is 518 g/mol. The van der Waals surface area contributed by atoms with Crippen molar-refractivity contribution in [2.75, 3.05) is 7.11 Å². The van der Waals surface area contributed by atoms with Gasteiger partial charge in [-0.05, 0) is 37.2 Å². The van der Waals surface area contributed by atoms with E-state index in [1.54, 1.807) is 0 Å². The van der Waals surface area contributed by atoms with Gasteiger partial charge in [0, 0.05) is 34.4 Å². The zero-order valence-corrected chi connectivity index (χ0v) is 22.5. The predicted octanol–water partition coefficient (Wildman–Crippen LogP) is 2.82. The number of ketones is 3. The lowest BCUT2D eigenvalue weighted by Gasteiger charge is -2.49. The van der Waals surface area contributed by atoms with Gasteiger partial charge in [-0.2, -0.15) is 0 Å². The number of benzene rings is 2. The molecule has 208 valence electrons. The molecule has 1 spiro atoms. The molecule has 10 nitrogen and oxygen atoms in total. The number of Topliss-reactive ketones (excluding diaryl/α,β-unsaturated/α-hetero) is 3. The Hall–Kier alpha value is -4.18. The van der Waals surface area contributed by atoms with E-state index in [0.29, 0.717) is 22.3 Å². The number of nitrogens with two attached hydrogens (primary N) is 1. The third kappa shape index (κ3) is 2.67.